The van der Waals surface area contributed by atoms with E-state index in [0.717, 1.165) is 29.8 Å². The molecule has 1 unspecified atom stereocenters. The van der Waals surface area contributed by atoms with Gasteiger partial charge in [0.2, 0.25) is 0 Å². The van der Waals surface area contributed by atoms with E-state index >= 15 is 0 Å². The van der Waals surface area contributed by atoms with Crippen LogP contribution in [-0.2, 0) is 0 Å². The standard InChI is InChI=1S/C12H12BrN3O/c13-10-2-1-3-11-15-9(6-12(17)16(10)11)8-4-5-14-7-8/h1-3,6,8,14H,4-5,7H2. The molecule has 88 valence electrons. The van der Waals surface area contributed by atoms with Crippen LogP contribution in [0.5, 0.6) is 0 Å². The third kappa shape index (κ3) is 1.89. The highest BCUT2D eigenvalue weighted by Crippen LogP contribution is 2.20. The van der Waals surface area contributed by atoms with Crippen molar-refractivity contribution in [2.75, 3.05) is 13.1 Å². The van der Waals surface area contributed by atoms with E-state index in [4.69, 9.17) is 0 Å². The van der Waals surface area contributed by atoms with E-state index in [1.165, 1.54) is 0 Å². The molecule has 1 aliphatic heterocycles. The van der Waals surface area contributed by atoms with Gasteiger partial charge in [-0.3, -0.25) is 9.20 Å². The van der Waals surface area contributed by atoms with Gasteiger partial charge in [-0.2, -0.15) is 0 Å². The number of nitrogens with one attached hydrogen (secondary N) is 1. The van der Waals surface area contributed by atoms with E-state index < -0.39 is 0 Å². The molecule has 3 rings (SSSR count). The lowest BCUT2D eigenvalue weighted by Gasteiger charge is -2.09. The normalized spacial score (nSPS) is 19.9. The molecule has 0 amide bonds. The Balaban J connectivity index is 2.20. The van der Waals surface area contributed by atoms with E-state index in [-0.39, 0.29) is 5.56 Å². The predicted octanol–water partition coefficient (Wildman–Crippen LogP) is 1.53. The van der Waals surface area contributed by atoms with Gasteiger partial charge in [-0.05, 0) is 41.0 Å². The number of hydrogen-bond donors (Lipinski definition) is 1. The van der Waals surface area contributed by atoms with Gasteiger partial charge < -0.3 is 5.32 Å². The molecule has 3 heterocycles. The van der Waals surface area contributed by atoms with Gasteiger partial charge in [-0.1, -0.05) is 6.07 Å². The fraction of sp³-hybridized carbons (Fsp3) is 0.333. The summed E-state index contributed by atoms with van der Waals surface area (Å²) in [6.45, 7) is 1.92. The SMILES string of the molecule is O=c1cc(C2CCNC2)nc2cccc(Br)n12. The summed E-state index contributed by atoms with van der Waals surface area (Å²) in [6, 6.07) is 7.24. The van der Waals surface area contributed by atoms with Gasteiger partial charge in [0.1, 0.15) is 5.65 Å². The minimum absolute atomic E-state index is 0.0237. The summed E-state index contributed by atoms with van der Waals surface area (Å²) in [7, 11) is 0. The first-order valence-electron chi connectivity index (χ1n) is 5.64. The fourth-order valence-corrected chi connectivity index (χ4v) is 2.76. The lowest BCUT2D eigenvalue weighted by atomic mass is 10.1. The average molecular weight is 294 g/mol. The van der Waals surface area contributed by atoms with Crippen molar-refractivity contribution in [1.29, 1.82) is 0 Å². The monoisotopic (exact) mass is 293 g/mol. The summed E-state index contributed by atoms with van der Waals surface area (Å²) >= 11 is 3.37. The molecule has 1 fully saturated rings. The molecular weight excluding hydrogens is 282 g/mol. The average Bonchev–Trinajstić information content (AvgIpc) is 2.81. The number of aromatic nitrogens is 2. The molecule has 0 spiro atoms. The van der Waals surface area contributed by atoms with Crippen LogP contribution in [0.25, 0.3) is 5.65 Å². The number of pyridine rings is 1. The predicted molar refractivity (Wildman–Crippen MR) is 69.4 cm³/mol. The Morgan fingerprint density at radius 1 is 1.47 bits per heavy atom. The van der Waals surface area contributed by atoms with Gasteiger partial charge in [-0.25, -0.2) is 4.98 Å². The molecule has 0 aliphatic carbocycles. The van der Waals surface area contributed by atoms with Gasteiger partial charge in [0.05, 0.1) is 10.3 Å². The van der Waals surface area contributed by atoms with Crippen LogP contribution in [0.3, 0.4) is 0 Å². The van der Waals surface area contributed by atoms with Crippen molar-refractivity contribution in [3.05, 3.63) is 44.9 Å². The molecule has 0 aromatic carbocycles. The summed E-state index contributed by atoms with van der Waals surface area (Å²) in [5.74, 6) is 0.367. The molecule has 4 nitrogen and oxygen atoms in total. The first-order chi connectivity index (χ1) is 8.25. The van der Waals surface area contributed by atoms with Gasteiger partial charge in [0.15, 0.2) is 0 Å². The quantitative estimate of drug-likeness (QED) is 0.811. The minimum Gasteiger partial charge on any atom is -0.316 e. The van der Waals surface area contributed by atoms with Crippen molar-refractivity contribution in [2.45, 2.75) is 12.3 Å². The molecule has 0 saturated carbocycles. The lowest BCUT2D eigenvalue weighted by molar-refractivity contribution is 0.730. The first kappa shape index (κ1) is 10.9. The Labute approximate surface area is 107 Å². The molecule has 1 atom stereocenters. The minimum atomic E-state index is -0.0237. The molecule has 2 aromatic rings. The van der Waals surface area contributed by atoms with E-state index in [1.54, 1.807) is 10.5 Å². The molecule has 1 aliphatic rings. The number of nitrogens with zero attached hydrogens (tertiary/aromatic N) is 2. The highest BCUT2D eigenvalue weighted by Gasteiger charge is 2.19. The molecule has 5 heteroatoms. The van der Waals surface area contributed by atoms with Crippen molar-refractivity contribution in [2.24, 2.45) is 0 Å². The van der Waals surface area contributed by atoms with Crippen LogP contribution in [0, 0.1) is 0 Å². The van der Waals surface area contributed by atoms with Crippen molar-refractivity contribution >= 4 is 21.6 Å². The van der Waals surface area contributed by atoms with Gasteiger partial charge in [0, 0.05) is 18.5 Å². The number of halogens is 1. The van der Waals surface area contributed by atoms with E-state index in [1.807, 2.05) is 18.2 Å². The molecular formula is C12H12BrN3O. The Kier molecular flexibility index (Phi) is 2.72. The summed E-state index contributed by atoms with van der Waals surface area (Å²) in [4.78, 5) is 16.6. The topological polar surface area (TPSA) is 46.4 Å². The Morgan fingerprint density at radius 2 is 2.35 bits per heavy atom. The zero-order chi connectivity index (χ0) is 11.8. The number of rotatable bonds is 1. The molecule has 0 bridgehead atoms. The van der Waals surface area contributed by atoms with Crippen molar-refractivity contribution < 1.29 is 0 Å². The molecule has 2 aromatic heterocycles. The van der Waals surface area contributed by atoms with Crippen LogP contribution in [0.15, 0.2) is 33.7 Å². The highest BCUT2D eigenvalue weighted by molar-refractivity contribution is 9.10. The van der Waals surface area contributed by atoms with Gasteiger partial charge in [-0.15, -0.1) is 0 Å². The van der Waals surface area contributed by atoms with Crippen LogP contribution in [0.4, 0.5) is 0 Å². The summed E-state index contributed by atoms with van der Waals surface area (Å²) in [6.07, 6.45) is 1.05. The Bertz CT molecular complexity index is 617. The second-order valence-electron chi connectivity index (χ2n) is 4.25. The third-order valence-electron chi connectivity index (χ3n) is 3.14. The number of hydrogen-bond acceptors (Lipinski definition) is 3. The van der Waals surface area contributed by atoms with Crippen molar-refractivity contribution in [1.82, 2.24) is 14.7 Å². The van der Waals surface area contributed by atoms with Crippen LogP contribution >= 0.6 is 15.9 Å². The van der Waals surface area contributed by atoms with E-state index in [2.05, 4.69) is 26.2 Å². The molecule has 1 N–H and O–H groups in total. The lowest BCUT2D eigenvalue weighted by Crippen LogP contribution is -2.18. The first-order valence-corrected chi connectivity index (χ1v) is 6.44. The van der Waals surface area contributed by atoms with E-state index in [0.29, 0.717) is 11.6 Å². The second kappa shape index (κ2) is 4.23. The third-order valence-corrected chi connectivity index (χ3v) is 3.75. The largest absolute Gasteiger partial charge is 0.316 e. The maximum Gasteiger partial charge on any atom is 0.258 e. The van der Waals surface area contributed by atoms with Gasteiger partial charge in [0.25, 0.3) is 5.56 Å². The Morgan fingerprint density at radius 3 is 3.12 bits per heavy atom. The highest BCUT2D eigenvalue weighted by atomic mass is 79.9. The fourth-order valence-electron chi connectivity index (χ4n) is 2.25. The Hall–Kier alpha value is -1.20. The second-order valence-corrected chi connectivity index (χ2v) is 5.06. The smallest absolute Gasteiger partial charge is 0.258 e. The van der Waals surface area contributed by atoms with Crippen LogP contribution in [-0.4, -0.2) is 22.5 Å². The zero-order valence-corrected chi connectivity index (χ0v) is 10.8. The van der Waals surface area contributed by atoms with Gasteiger partial charge >= 0.3 is 0 Å². The van der Waals surface area contributed by atoms with Crippen molar-refractivity contribution in [3.63, 3.8) is 0 Å². The summed E-state index contributed by atoms with van der Waals surface area (Å²) < 4.78 is 2.31. The van der Waals surface area contributed by atoms with Crippen LogP contribution in [0.2, 0.25) is 0 Å². The molecule has 17 heavy (non-hydrogen) atoms. The zero-order valence-electron chi connectivity index (χ0n) is 9.19. The maximum atomic E-state index is 12.0. The van der Waals surface area contributed by atoms with Crippen molar-refractivity contribution in [3.8, 4) is 0 Å². The van der Waals surface area contributed by atoms with Crippen LogP contribution in [0.1, 0.15) is 18.0 Å². The number of fused-ring (bicyclic) bond motifs is 1. The summed E-state index contributed by atoms with van der Waals surface area (Å²) in [5.41, 5.74) is 1.58. The van der Waals surface area contributed by atoms with E-state index in [9.17, 15) is 4.79 Å². The molecule has 1 saturated heterocycles. The summed E-state index contributed by atoms with van der Waals surface area (Å²) in [5, 5.41) is 3.29. The van der Waals surface area contributed by atoms with Crippen LogP contribution < -0.4 is 10.9 Å². The maximum absolute atomic E-state index is 12.0. The molecule has 0 radical (unpaired) electrons.